The van der Waals surface area contributed by atoms with Crippen LogP contribution in [0.1, 0.15) is 11.1 Å². The zero-order valence-corrected chi connectivity index (χ0v) is 52.3. The van der Waals surface area contributed by atoms with E-state index < -0.39 is 29.9 Å². The predicted molar refractivity (Wildman–Crippen MR) is 314 cm³/mol. The molecule has 0 bridgehead atoms. The van der Waals surface area contributed by atoms with Crippen molar-refractivity contribution in [2.45, 2.75) is 111 Å². The summed E-state index contributed by atoms with van der Waals surface area (Å²) in [6.45, 7) is 27.1. The van der Waals surface area contributed by atoms with Gasteiger partial charge in [0.2, 0.25) is 0 Å². The van der Waals surface area contributed by atoms with E-state index in [2.05, 4.69) is 135 Å². The number of nitrogens with zero attached hydrogens (tertiary/aromatic N) is 11. The van der Waals surface area contributed by atoms with Gasteiger partial charge in [-0.3, -0.25) is 9.13 Å². The molecule has 26 heteroatoms. The van der Waals surface area contributed by atoms with Gasteiger partial charge in [-0.25, -0.2) is 14.7 Å². The molecule has 0 aliphatic heterocycles. The topological polar surface area (TPSA) is 198 Å². The number of benzene rings is 4. The van der Waals surface area contributed by atoms with Gasteiger partial charge in [0.15, 0.2) is 0 Å². The molecule has 19 nitrogen and oxygen atoms in total. The average molecular weight is 1330 g/mol. The molecule has 396 valence electrons. The lowest BCUT2D eigenvalue weighted by molar-refractivity contribution is 0.0748. The summed E-state index contributed by atoms with van der Waals surface area (Å²) in [7, 11) is -3.68. The number of tetrazole rings is 2. The minimum Gasteiger partial charge on any atom is -0.425 e. The molecule has 8 aromatic rings. The molecule has 74 heavy (non-hydrogen) atoms. The first-order valence-electron chi connectivity index (χ1n) is 23.9. The van der Waals surface area contributed by atoms with Crippen LogP contribution in [-0.2, 0) is 34.4 Å². The average Bonchev–Trinajstić information content (AvgIpc) is 4.07. The lowest BCUT2D eigenvalue weighted by atomic mass is 10.2. The number of aryl methyl sites for hydroxylation is 2. The van der Waals surface area contributed by atoms with Gasteiger partial charge in [-0.15, -0.1) is 0 Å². The van der Waals surface area contributed by atoms with Gasteiger partial charge in [0.05, 0.1) is 43.5 Å². The SMILES string of the molecule is Cc1ccc(Oc2nc3cc(I)c(Cl)cc3n2COCC[Si](C)(C)C)cc1-n1nn[nH]c1=O.Cc1ccc(Oc2nc3cc(I)c(Cl)cc3n2COCC[Si](C)(C)C)cc1-n1nnn(COCC[Si](C)(C)C)c1=O. The monoisotopic (exact) mass is 1330 g/mol. The van der Waals surface area contributed by atoms with Crippen molar-refractivity contribution >= 4 is 115 Å². The smallest absolute Gasteiger partial charge is 0.370 e. The van der Waals surface area contributed by atoms with Crippen molar-refractivity contribution in [3.63, 3.8) is 0 Å². The van der Waals surface area contributed by atoms with Crippen LogP contribution in [0, 0.1) is 21.0 Å². The number of hydrogen-bond donors (Lipinski definition) is 1. The third kappa shape index (κ3) is 15.2. The third-order valence-corrected chi connectivity index (χ3v) is 19.7. The number of H-pyrrole nitrogens is 1. The standard InChI is InChI=1S/C27H38ClIN6O4Si2.C21H24ClIN6O3Si/c1-19-8-9-20(14-24(19)35-27(36)34(31-32-35)18-38-11-13-41(5,6)7)39-26-30-23-16-22(29)21(28)15-25(23)33(26)17-37-10-12-40(2,3)4;1-13-5-6-14(9-18(13)29-20(30)25-26-27-29)32-21-24-17-11-16(23)15(22)10-19(17)28(21)12-31-7-8-33(2,3)4/h8-9,14-16H,10-13,17-18H2,1-7H3;5-6,9-11H,7-8,12H2,1-4H3,(H,25,27,30). The molecule has 0 atom stereocenters. The molecular formula is C48H62Cl2I2N12O7Si3. The Balaban J connectivity index is 0.000000221. The highest BCUT2D eigenvalue weighted by molar-refractivity contribution is 14.1. The summed E-state index contributed by atoms with van der Waals surface area (Å²) >= 11 is 17.2. The summed E-state index contributed by atoms with van der Waals surface area (Å²) in [5, 5.41) is 19.1. The van der Waals surface area contributed by atoms with E-state index in [4.69, 9.17) is 51.9 Å². The van der Waals surface area contributed by atoms with Crippen LogP contribution in [0.15, 0.2) is 70.3 Å². The van der Waals surface area contributed by atoms with Gasteiger partial charge >= 0.3 is 23.4 Å². The number of hydrogen-bond acceptors (Lipinski definition) is 13. The van der Waals surface area contributed by atoms with Crippen molar-refractivity contribution in [2.24, 2.45) is 0 Å². The molecule has 0 radical (unpaired) electrons. The van der Waals surface area contributed by atoms with Gasteiger partial charge < -0.3 is 23.7 Å². The van der Waals surface area contributed by atoms with Crippen LogP contribution >= 0.6 is 68.4 Å². The Morgan fingerprint density at radius 1 is 0.568 bits per heavy atom. The lowest BCUT2D eigenvalue weighted by Gasteiger charge is -2.16. The van der Waals surface area contributed by atoms with E-state index in [0.717, 1.165) is 58.5 Å². The van der Waals surface area contributed by atoms with Crippen molar-refractivity contribution in [2.75, 3.05) is 19.8 Å². The minimum absolute atomic E-state index is 0.0572. The first-order valence-corrected chi connectivity index (χ1v) is 37.9. The van der Waals surface area contributed by atoms with Crippen LogP contribution in [0.2, 0.25) is 87.1 Å². The predicted octanol–water partition coefficient (Wildman–Crippen LogP) is 11.7. The first-order chi connectivity index (χ1) is 34.8. The Bertz CT molecular complexity index is 3380. The lowest BCUT2D eigenvalue weighted by Crippen LogP contribution is -2.27. The van der Waals surface area contributed by atoms with Crippen molar-refractivity contribution in [3.05, 3.63) is 110 Å². The largest absolute Gasteiger partial charge is 0.425 e. The van der Waals surface area contributed by atoms with E-state index in [-0.39, 0.29) is 25.9 Å². The molecule has 4 aromatic heterocycles. The van der Waals surface area contributed by atoms with Crippen LogP contribution in [-0.4, -0.2) is 103 Å². The maximum Gasteiger partial charge on any atom is 0.370 e. The van der Waals surface area contributed by atoms with Crippen LogP contribution < -0.4 is 20.9 Å². The molecule has 0 aliphatic rings. The van der Waals surface area contributed by atoms with Crippen LogP contribution in [0.5, 0.6) is 23.5 Å². The van der Waals surface area contributed by atoms with E-state index in [1.807, 2.05) is 71.5 Å². The highest BCUT2D eigenvalue weighted by atomic mass is 127. The highest BCUT2D eigenvalue weighted by Crippen LogP contribution is 2.34. The first kappa shape index (κ1) is 57.4. The zero-order valence-electron chi connectivity index (χ0n) is 43.4. The normalized spacial score (nSPS) is 12.2. The Morgan fingerprint density at radius 3 is 1.42 bits per heavy atom. The van der Waals surface area contributed by atoms with Gasteiger partial charge in [-0.2, -0.15) is 24.0 Å². The zero-order chi connectivity index (χ0) is 53.7. The van der Waals surface area contributed by atoms with E-state index in [9.17, 15) is 9.59 Å². The Morgan fingerprint density at radius 2 is 1.00 bits per heavy atom. The number of fused-ring (bicyclic) bond motifs is 2. The second kappa shape index (κ2) is 24.4. The van der Waals surface area contributed by atoms with Crippen LogP contribution in [0.4, 0.5) is 0 Å². The number of aromatic nitrogens is 12. The maximum absolute atomic E-state index is 13.1. The number of imidazole rings is 2. The Kier molecular flexibility index (Phi) is 18.9. The number of rotatable bonds is 21. The maximum atomic E-state index is 13.1. The summed E-state index contributed by atoms with van der Waals surface area (Å²) in [6, 6.07) is 22.3. The number of nitrogens with one attached hydrogen (secondary N) is 1. The van der Waals surface area contributed by atoms with Crippen molar-refractivity contribution in [1.29, 1.82) is 0 Å². The molecule has 4 aromatic carbocycles. The van der Waals surface area contributed by atoms with Crippen LogP contribution in [0.25, 0.3) is 33.4 Å². The van der Waals surface area contributed by atoms with Gasteiger partial charge in [-0.1, -0.05) is 94.3 Å². The van der Waals surface area contributed by atoms with Gasteiger partial charge in [0.1, 0.15) is 31.7 Å². The minimum atomic E-state index is -1.24. The fraction of sp³-hybridized carbons (Fsp3) is 0.417. The summed E-state index contributed by atoms with van der Waals surface area (Å²) in [5.41, 5.74) is 5.16. The molecule has 8 rings (SSSR count). The number of ether oxygens (including phenoxy) is 5. The quantitative estimate of drug-likeness (QED) is 0.0405. The molecule has 0 fully saturated rings. The van der Waals surface area contributed by atoms with E-state index in [0.29, 0.717) is 64.8 Å². The third-order valence-electron chi connectivity index (χ3n) is 11.5. The van der Waals surface area contributed by atoms with Crippen molar-refractivity contribution < 1.29 is 23.7 Å². The van der Waals surface area contributed by atoms with Crippen LogP contribution in [0.3, 0.4) is 0 Å². The summed E-state index contributed by atoms with van der Waals surface area (Å²) in [6.07, 6.45) is 0. The van der Waals surface area contributed by atoms with Gasteiger partial charge in [-0.05, 0) is 146 Å². The summed E-state index contributed by atoms with van der Waals surface area (Å²) in [5.74, 6) is 1.00. The number of halogens is 4. The van der Waals surface area contributed by atoms with Gasteiger partial charge in [0.25, 0.3) is 0 Å². The molecule has 0 unspecified atom stereocenters. The molecule has 0 spiro atoms. The molecule has 0 saturated carbocycles. The molecule has 0 saturated heterocycles. The molecule has 0 aliphatic carbocycles. The second-order valence-electron chi connectivity index (χ2n) is 21.4. The van der Waals surface area contributed by atoms with Crippen molar-refractivity contribution in [1.82, 2.24) is 59.1 Å². The van der Waals surface area contributed by atoms with Gasteiger partial charge in [0, 0.05) is 63.3 Å². The second-order valence-corrected chi connectivity index (χ2v) is 41.4. The molecule has 1 N–H and O–H groups in total. The summed E-state index contributed by atoms with van der Waals surface area (Å²) in [4.78, 5) is 34.5. The number of aromatic amines is 1. The van der Waals surface area contributed by atoms with E-state index in [1.165, 1.54) is 14.0 Å². The summed E-state index contributed by atoms with van der Waals surface area (Å²) < 4.78 is 39.4. The molecule has 0 amide bonds. The molecular weight excluding hydrogens is 1270 g/mol. The Labute approximate surface area is 469 Å². The van der Waals surface area contributed by atoms with E-state index >= 15 is 0 Å². The van der Waals surface area contributed by atoms with Crippen molar-refractivity contribution in [3.8, 4) is 34.9 Å². The highest BCUT2D eigenvalue weighted by Gasteiger charge is 2.21. The molecule has 4 heterocycles. The Hall–Kier alpha value is -4.27. The van der Waals surface area contributed by atoms with E-state index in [1.54, 1.807) is 12.1 Å². The fourth-order valence-corrected chi connectivity index (χ4v) is 10.5. The fourth-order valence-electron chi connectivity index (χ4n) is 7.03.